The number of piperidine rings is 1. The van der Waals surface area contributed by atoms with Crippen LogP contribution in [0.25, 0.3) is 5.82 Å². The summed E-state index contributed by atoms with van der Waals surface area (Å²) in [6.07, 6.45) is 4.74. The Morgan fingerprint density at radius 1 is 1.14 bits per heavy atom. The summed E-state index contributed by atoms with van der Waals surface area (Å²) in [5, 5.41) is 12.5. The zero-order valence-electron chi connectivity index (χ0n) is 15.3. The van der Waals surface area contributed by atoms with Crippen LogP contribution >= 0.6 is 0 Å². The van der Waals surface area contributed by atoms with Crippen molar-refractivity contribution in [3.63, 3.8) is 0 Å². The third kappa shape index (κ3) is 4.32. The van der Waals surface area contributed by atoms with E-state index in [1.165, 1.54) is 6.33 Å². The topological polar surface area (TPSA) is 98.1 Å². The van der Waals surface area contributed by atoms with Crippen LogP contribution in [0.4, 0.5) is 5.82 Å². The Bertz CT molecular complexity index is 884. The molecule has 1 aliphatic rings. The van der Waals surface area contributed by atoms with Crippen LogP contribution in [-0.2, 0) is 16.2 Å². The summed E-state index contributed by atoms with van der Waals surface area (Å²) in [6.45, 7) is 1.77. The first-order valence-corrected chi connectivity index (χ1v) is 9.19. The Labute approximate surface area is 162 Å². The largest absolute Gasteiger partial charge is 0.354 e. The van der Waals surface area contributed by atoms with Gasteiger partial charge in [0.1, 0.15) is 12.7 Å². The Balaban J connectivity index is 1.31. The Hall–Kier alpha value is -3.33. The van der Waals surface area contributed by atoms with Gasteiger partial charge in [0, 0.05) is 13.1 Å². The van der Waals surface area contributed by atoms with Crippen molar-refractivity contribution in [2.75, 3.05) is 18.0 Å². The van der Waals surface area contributed by atoms with Crippen molar-refractivity contribution >= 4 is 11.7 Å². The molecule has 3 aromatic rings. The molecule has 144 valence electrons. The molecule has 0 spiro atoms. The highest BCUT2D eigenvalue weighted by atomic mass is 16.6. The Morgan fingerprint density at radius 3 is 2.71 bits per heavy atom. The third-order valence-corrected chi connectivity index (χ3v) is 4.66. The van der Waals surface area contributed by atoms with Crippen molar-refractivity contribution in [2.45, 2.75) is 19.4 Å². The maximum atomic E-state index is 12.5. The van der Waals surface area contributed by atoms with Gasteiger partial charge in [-0.25, -0.2) is 15.1 Å². The maximum absolute atomic E-state index is 12.5. The molecule has 28 heavy (non-hydrogen) atoms. The second-order valence-electron chi connectivity index (χ2n) is 6.62. The molecule has 0 bridgehead atoms. The molecule has 1 unspecified atom stereocenters. The number of carbonyl (C=O) groups excluding carboxylic acids is 1. The maximum Gasteiger partial charge on any atom is 0.248 e. The number of rotatable bonds is 6. The highest BCUT2D eigenvalue weighted by Crippen LogP contribution is 2.21. The molecule has 1 fully saturated rings. The summed E-state index contributed by atoms with van der Waals surface area (Å²) in [5.74, 6) is 1.09. The van der Waals surface area contributed by atoms with Gasteiger partial charge in [0.15, 0.2) is 11.6 Å². The molecule has 9 nitrogen and oxygen atoms in total. The molecule has 9 heteroatoms. The second kappa shape index (κ2) is 8.57. The smallest absolute Gasteiger partial charge is 0.248 e. The van der Waals surface area contributed by atoms with E-state index >= 15 is 0 Å². The lowest BCUT2D eigenvalue weighted by atomic mass is 9.97. The van der Waals surface area contributed by atoms with Crippen LogP contribution < -0.4 is 10.4 Å². The highest BCUT2D eigenvalue weighted by molar-refractivity contribution is 5.78. The predicted molar refractivity (Wildman–Crippen MR) is 101 cm³/mol. The Morgan fingerprint density at radius 2 is 1.96 bits per heavy atom. The quantitative estimate of drug-likeness (QED) is 0.649. The number of nitrogens with one attached hydrogen (secondary N) is 1. The van der Waals surface area contributed by atoms with Gasteiger partial charge in [0.2, 0.25) is 5.91 Å². The first-order chi connectivity index (χ1) is 13.8. The van der Waals surface area contributed by atoms with Crippen LogP contribution in [0.2, 0.25) is 0 Å². The van der Waals surface area contributed by atoms with Gasteiger partial charge in [-0.1, -0.05) is 30.3 Å². The number of nitrogens with zero attached hydrogens (tertiary/aromatic N) is 6. The monoisotopic (exact) mass is 379 g/mol. The third-order valence-electron chi connectivity index (χ3n) is 4.66. The van der Waals surface area contributed by atoms with Crippen LogP contribution in [-0.4, -0.2) is 44.0 Å². The van der Waals surface area contributed by atoms with Gasteiger partial charge >= 0.3 is 0 Å². The molecule has 1 atom stereocenters. The van der Waals surface area contributed by atoms with Gasteiger partial charge in [0.25, 0.3) is 0 Å². The van der Waals surface area contributed by atoms with Crippen LogP contribution in [0.5, 0.6) is 0 Å². The summed E-state index contributed by atoms with van der Waals surface area (Å²) in [6, 6.07) is 13.5. The predicted octanol–water partition coefficient (Wildman–Crippen LogP) is 1.52. The van der Waals surface area contributed by atoms with E-state index in [0.717, 1.165) is 30.8 Å². The van der Waals surface area contributed by atoms with E-state index in [2.05, 4.69) is 30.7 Å². The number of hydroxylamine groups is 1. The molecule has 1 aromatic carbocycles. The fourth-order valence-electron chi connectivity index (χ4n) is 3.18. The number of carbonyl (C=O) groups is 1. The van der Waals surface area contributed by atoms with Gasteiger partial charge < -0.3 is 4.90 Å². The molecular formula is C19H21N7O2. The van der Waals surface area contributed by atoms with Gasteiger partial charge in [0.05, 0.1) is 12.5 Å². The van der Waals surface area contributed by atoms with Crippen molar-refractivity contribution in [1.29, 1.82) is 0 Å². The molecule has 0 saturated carbocycles. The van der Waals surface area contributed by atoms with Crippen molar-refractivity contribution in [2.24, 2.45) is 5.92 Å². The average molecular weight is 379 g/mol. The van der Waals surface area contributed by atoms with E-state index in [-0.39, 0.29) is 11.8 Å². The van der Waals surface area contributed by atoms with Crippen molar-refractivity contribution < 1.29 is 9.63 Å². The van der Waals surface area contributed by atoms with Crippen LogP contribution in [0, 0.1) is 5.92 Å². The fraction of sp³-hybridized carbons (Fsp3) is 0.316. The lowest BCUT2D eigenvalue weighted by Gasteiger charge is -2.32. The molecule has 0 aliphatic carbocycles. The van der Waals surface area contributed by atoms with E-state index in [9.17, 15) is 4.79 Å². The first kappa shape index (κ1) is 18.1. The summed E-state index contributed by atoms with van der Waals surface area (Å²) >= 11 is 0. The number of anilines is 1. The summed E-state index contributed by atoms with van der Waals surface area (Å²) < 4.78 is 1.55. The van der Waals surface area contributed by atoms with E-state index in [4.69, 9.17) is 4.84 Å². The first-order valence-electron chi connectivity index (χ1n) is 9.19. The van der Waals surface area contributed by atoms with Crippen molar-refractivity contribution in [1.82, 2.24) is 30.4 Å². The lowest BCUT2D eigenvalue weighted by molar-refractivity contribution is -0.139. The second-order valence-corrected chi connectivity index (χ2v) is 6.62. The minimum atomic E-state index is -0.152. The zero-order chi connectivity index (χ0) is 19.2. The van der Waals surface area contributed by atoms with Gasteiger partial charge in [-0.15, -0.1) is 10.2 Å². The number of amides is 1. The summed E-state index contributed by atoms with van der Waals surface area (Å²) in [7, 11) is 0. The lowest BCUT2D eigenvalue weighted by Crippen LogP contribution is -2.43. The Kier molecular flexibility index (Phi) is 5.53. The molecule has 1 aliphatic heterocycles. The minimum absolute atomic E-state index is 0.104. The highest BCUT2D eigenvalue weighted by Gasteiger charge is 2.27. The normalized spacial score (nSPS) is 16.7. The van der Waals surface area contributed by atoms with Crippen LogP contribution in [0.15, 0.2) is 55.1 Å². The van der Waals surface area contributed by atoms with Crippen LogP contribution in [0.1, 0.15) is 18.4 Å². The average Bonchev–Trinajstić information content (AvgIpc) is 3.30. The van der Waals surface area contributed by atoms with Crippen molar-refractivity contribution in [3.05, 3.63) is 60.7 Å². The standard InChI is InChI=1S/C19H21N7O2/c27-19(24-28-12-15-5-2-1-3-6-15)16-7-4-10-25(11-16)17-8-9-18(23-22-17)26-14-20-13-21-26/h1-3,5-6,8-9,13-14,16H,4,7,10-12H2,(H,24,27). The number of benzene rings is 1. The molecule has 0 radical (unpaired) electrons. The number of hydrogen-bond donors (Lipinski definition) is 1. The van der Waals surface area contributed by atoms with E-state index in [0.29, 0.717) is 19.0 Å². The fourth-order valence-corrected chi connectivity index (χ4v) is 3.18. The molecular weight excluding hydrogens is 358 g/mol. The van der Waals surface area contributed by atoms with Crippen molar-refractivity contribution in [3.8, 4) is 5.82 Å². The molecule has 1 amide bonds. The van der Waals surface area contributed by atoms with E-state index < -0.39 is 0 Å². The minimum Gasteiger partial charge on any atom is -0.354 e. The number of hydrogen-bond acceptors (Lipinski definition) is 7. The van der Waals surface area contributed by atoms with Crippen LogP contribution in [0.3, 0.4) is 0 Å². The van der Waals surface area contributed by atoms with E-state index in [1.54, 1.807) is 11.0 Å². The zero-order valence-corrected chi connectivity index (χ0v) is 15.3. The molecule has 2 aromatic heterocycles. The summed E-state index contributed by atoms with van der Waals surface area (Å²) in [5.41, 5.74) is 3.59. The number of aromatic nitrogens is 5. The van der Waals surface area contributed by atoms with Gasteiger partial charge in [-0.3, -0.25) is 9.63 Å². The molecule has 3 heterocycles. The summed E-state index contributed by atoms with van der Waals surface area (Å²) in [4.78, 5) is 23.8. The van der Waals surface area contributed by atoms with Gasteiger partial charge in [-0.2, -0.15) is 5.10 Å². The molecule has 1 N–H and O–H groups in total. The molecule has 4 rings (SSSR count). The van der Waals surface area contributed by atoms with Gasteiger partial charge in [-0.05, 0) is 30.5 Å². The van der Waals surface area contributed by atoms with E-state index in [1.807, 2.05) is 42.5 Å². The SMILES string of the molecule is O=C(NOCc1ccccc1)C1CCCN(c2ccc(-n3cncn3)nn2)C1. The molecule has 1 saturated heterocycles.